The Morgan fingerprint density at radius 1 is 0.392 bits per heavy atom. The summed E-state index contributed by atoms with van der Waals surface area (Å²) in [6.45, 7) is 22.0. The first-order valence-electron chi connectivity index (χ1n) is 30.1. The molecule has 14 aliphatic rings. The Hall–Kier alpha value is -0.600. The minimum absolute atomic E-state index is 0.377. The maximum absolute atomic E-state index is 6.05. The lowest BCUT2D eigenvalue weighted by atomic mass is 9.44. The molecule has 7 heterocycles. The molecule has 7 saturated heterocycles. The molecule has 0 spiro atoms. The van der Waals surface area contributed by atoms with E-state index in [0.29, 0.717) is 84.4 Å². The van der Waals surface area contributed by atoms with Crippen LogP contribution in [0.1, 0.15) is 129 Å². The van der Waals surface area contributed by atoms with Crippen LogP contribution in [-0.2, 0) is 71.1 Å². The van der Waals surface area contributed by atoms with Gasteiger partial charge in [0, 0.05) is 20.3 Å². The van der Waals surface area contributed by atoms with Gasteiger partial charge in [0.15, 0.2) is 0 Å². The van der Waals surface area contributed by atoms with E-state index in [1.54, 1.807) is 7.11 Å². The Bertz CT molecular complexity index is 1470. The van der Waals surface area contributed by atoms with Crippen LogP contribution in [0.5, 0.6) is 0 Å². The summed E-state index contributed by atoms with van der Waals surface area (Å²) in [6, 6.07) is 0. The summed E-state index contributed by atoms with van der Waals surface area (Å²) in [5.41, 5.74) is 1.34. The molecule has 7 aliphatic heterocycles. The standard InChI is InChI=1S/C21H36O4.C18H28O4.C14H24O4.C6H12O3/c1-21(2,15-3-7-17(8-4-15)22-11-19-13-24-19)16-5-9-18(10-6-16)23-12-20-14-25-20;1-13-2-17(11-19-6-15-8-21-15)4-14(1)5-18(3-13,10-17)12-20-7-16-9-22-16;1-2-12(6-16-8-14-10-18-14)4-3-11(1)5-15-7-13-9-17-13;1-7-2-3-8-4-6-5-9-6/h15-20H,3-14H2,1-2H3;13-16H,1-12H2;11-14H,1-10H2;6H,2-5H2,1H3. The van der Waals surface area contributed by atoms with Gasteiger partial charge in [-0.2, -0.15) is 0 Å². The van der Waals surface area contributed by atoms with Crippen molar-refractivity contribution in [3.8, 4) is 0 Å². The molecule has 0 aromatic heterocycles. The van der Waals surface area contributed by atoms with E-state index in [2.05, 4.69) is 13.8 Å². The van der Waals surface area contributed by atoms with Crippen molar-refractivity contribution in [3.63, 3.8) is 0 Å². The topological polar surface area (TPSA) is 162 Å². The van der Waals surface area contributed by atoms with Crippen LogP contribution in [0.2, 0.25) is 0 Å². The van der Waals surface area contributed by atoms with E-state index in [4.69, 9.17) is 71.1 Å². The average Bonchev–Trinajstić information content (AvgIpc) is 4.17. The highest BCUT2D eigenvalue weighted by Gasteiger charge is 2.58. The third-order valence-electron chi connectivity index (χ3n) is 19.0. The lowest BCUT2D eigenvalue weighted by molar-refractivity contribution is -0.161. The van der Waals surface area contributed by atoms with Crippen molar-refractivity contribution in [1.29, 1.82) is 0 Å². The van der Waals surface area contributed by atoms with Crippen molar-refractivity contribution < 1.29 is 71.1 Å². The molecule has 7 aliphatic carbocycles. The van der Waals surface area contributed by atoms with Gasteiger partial charge in [0.2, 0.25) is 0 Å². The molecule has 4 bridgehead atoms. The molecule has 7 unspecified atom stereocenters. The van der Waals surface area contributed by atoms with E-state index >= 15 is 0 Å². The van der Waals surface area contributed by atoms with Crippen LogP contribution in [0.25, 0.3) is 0 Å². The number of hydrogen-bond acceptors (Lipinski definition) is 15. The zero-order chi connectivity index (χ0) is 50.6. The highest BCUT2D eigenvalue weighted by molar-refractivity contribution is 5.08. The molecule has 0 aromatic rings. The van der Waals surface area contributed by atoms with Gasteiger partial charge < -0.3 is 71.1 Å². The first-order chi connectivity index (χ1) is 36.2. The van der Waals surface area contributed by atoms with Crippen LogP contribution in [0, 0.1) is 51.8 Å². The first-order valence-corrected chi connectivity index (χ1v) is 30.1. The maximum Gasteiger partial charge on any atom is 0.104 e. The minimum atomic E-state index is 0.377. The molecule has 74 heavy (non-hydrogen) atoms. The highest BCUT2D eigenvalue weighted by atomic mass is 16.6. The lowest BCUT2D eigenvalue weighted by Crippen LogP contribution is -2.55. The number of epoxide rings is 7. The van der Waals surface area contributed by atoms with E-state index < -0.39 is 0 Å². The summed E-state index contributed by atoms with van der Waals surface area (Å²) in [4.78, 5) is 0. The second kappa shape index (κ2) is 27.7. The summed E-state index contributed by atoms with van der Waals surface area (Å²) in [5.74, 6) is 5.06. The van der Waals surface area contributed by atoms with Crippen LogP contribution in [0.15, 0.2) is 0 Å². The molecule has 7 atom stereocenters. The summed E-state index contributed by atoms with van der Waals surface area (Å²) < 4.78 is 81.7. The summed E-state index contributed by atoms with van der Waals surface area (Å²) in [6.07, 6.45) is 27.5. The van der Waals surface area contributed by atoms with Crippen LogP contribution < -0.4 is 0 Å². The van der Waals surface area contributed by atoms with Gasteiger partial charge in [0.05, 0.1) is 131 Å². The SMILES string of the molecule is C1C2CC3(COCC4CO4)CC1CC(COCC1CO1)(C2)C3.C1CC(COCC2CO2)CCC1COCC1CO1.CC(C)(C1CCC(OCC2CO2)CC1)C1CCC(OCC2CO2)CC1.COCCOCC1CO1. The Morgan fingerprint density at radius 3 is 1.08 bits per heavy atom. The molecule has 0 aromatic carbocycles. The predicted molar refractivity (Wildman–Crippen MR) is 276 cm³/mol. The Kier molecular flexibility index (Phi) is 21.2. The highest BCUT2D eigenvalue weighted by Crippen LogP contribution is 2.65. The third kappa shape index (κ3) is 19.6. The van der Waals surface area contributed by atoms with Gasteiger partial charge in [-0.25, -0.2) is 0 Å². The third-order valence-corrected chi connectivity index (χ3v) is 19.0. The Labute approximate surface area is 445 Å². The molecular weight excluding hydrogens is 949 g/mol. The van der Waals surface area contributed by atoms with Gasteiger partial charge in [-0.1, -0.05) is 13.8 Å². The molecule has 0 amide bonds. The monoisotopic (exact) mass is 1050 g/mol. The second-order valence-corrected chi connectivity index (χ2v) is 26.1. The zero-order valence-electron chi connectivity index (χ0n) is 46.2. The van der Waals surface area contributed by atoms with Gasteiger partial charge in [0.1, 0.15) is 42.7 Å². The molecule has 15 nitrogen and oxygen atoms in total. The molecule has 14 fully saturated rings. The number of methoxy groups -OCH3 is 1. The van der Waals surface area contributed by atoms with Crippen molar-refractivity contribution in [1.82, 2.24) is 0 Å². The normalized spacial score (nSPS) is 41.6. The van der Waals surface area contributed by atoms with Crippen molar-refractivity contribution in [3.05, 3.63) is 0 Å². The molecule has 14 rings (SSSR count). The number of ether oxygens (including phenoxy) is 15. The predicted octanol–water partition coefficient (Wildman–Crippen LogP) is 8.04. The molecule has 426 valence electrons. The maximum atomic E-state index is 6.05. The lowest BCUT2D eigenvalue weighted by Gasteiger charge is -2.62. The van der Waals surface area contributed by atoms with Gasteiger partial charge in [0.25, 0.3) is 0 Å². The van der Waals surface area contributed by atoms with E-state index in [-0.39, 0.29) is 0 Å². The molecular formula is C59H100O15. The van der Waals surface area contributed by atoms with Crippen molar-refractivity contribution in [2.45, 2.75) is 184 Å². The summed E-state index contributed by atoms with van der Waals surface area (Å²) in [7, 11) is 1.66. The smallest absolute Gasteiger partial charge is 0.104 e. The summed E-state index contributed by atoms with van der Waals surface area (Å²) >= 11 is 0. The molecule has 0 radical (unpaired) electrons. The number of rotatable bonds is 29. The molecule has 0 N–H and O–H groups in total. The van der Waals surface area contributed by atoms with Crippen LogP contribution in [-0.4, -0.2) is 194 Å². The quantitative estimate of drug-likeness (QED) is 0.0523. The zero-order valence-corrected chi connectivity index (χ0v) is 46.2. The fourth-order valence-corrected chi connectivity index (χ4v) is 14.4. The van der Waals surface area contributed by atoms with Gasteiger partial charge in [-0.3, -0.25) is 0 Å². The minimum Gasteiger partial charge on any atom is -0.382 e. The summed E-state index contributed by atoms with van der Waals surface area (Å²) in [5, 5.41) is 0. The molecule has 7 saturated carbocycles. The van der Waals surface area contributed by atoms with E-state index in [1.807, 2.05) is 0 Å². The Morgan fingerprint density at radius 2 is 0.730 bits per heavy atom. The van der Waals surface area contributed by atoms with Crippen molar-refractivity contribution >= 4 is 0 Å². The first kappa shape index (κ1) is 56.7. The van der Waals surface area contributed by atoms with Gasteiger partial charge in [-0.05, 0) is 167 Å². The second-order valence-electron chi connectivity index (χ2n) is 26.1. The number of hydrogen-bond donors (Lipinski definition) is 0. The molecule has 15 heteroatoms. The van der Waals surface area contributed by atoms with E-state index in [9.17, 15) is 0 Å². The average molecular weight is 1050 g/mol. The van der Waals surface area contributed by atoms with Crippen molar-refractivity contribution in [2.24, 2.45) is 51.8 Å². The van der Waals surface area contributed by atoms with Crippen molar-refractivity contribution in [2.75, 3.05) is 139 Å². The van der Waals surface area contributed by atoms with Crippen LogP contribution >= 0.6 is 0 Å². The van der Waals surface area contributed by atoms with Gasteiger partial charge in [-0.15, -0.1) is 0 Å². The van der Waals surface area contributed by atoms with Crippen LogP contribution in [0.3, 0.4) is 0 Å². The fraction of sp³-hybridized carbons (Fsp3) is 1.00. The van der Waals surface area contributed by atoms with E-state index in [0.717, 1.165) is 154 Å². The fourth-order valence-electron chi connectivity index (χ4n) is 14.4. The Balaban J connectivity index is 0.000000118. The largest absolute Gasteiger partial charge is 0.382 e. The van der Waals surface area contributed by atoms with Gasteiger partial charge >= 0.3 is 0 Å². The van der Waals surface area contributed by atoms with E-state index in [1.165, 1.54) is 116 Å². The van der Waals surface area contributed by atoms with Crippen LogP contribution in [0.4, 0.5) is 0 Å².